The molecule has 1 heterocycles. The molecule has 0 aliphatic carbocycles. The third-order valence-electron chi connectivity index (χ3n) is 4.20. The van der Waals surface area contributed by atoms with Crippen molar-refractivity contribution in [1.29, 1.82) is 0 Å². The Kier molecular flexibility index (Phi) is 4.84. The molecule has 4 nitrogen and oxygen atoms in total. The molecule has 1 fully saturated rings. The van der Waals surface area contributed by atoms with Crippen LogP contribution in [0.25, 0.3) is 0 Å². The Labute approximate surface area is 140 Å². The van der Waals surface area contributed by atoms with E-state index in [-0.39, 0.29) is 0 Å². The topological polar surface area (TPSA) is 43.8 Å². The van der Waals surface area contributed by atoms with Gasteiger partial charge in [0.05, 0.1) is 0 Å². The smallest absolute Gasteiger partial charge is 0.325 e. The van der Waals surface area contributed by atoms with Gasteiger partial charge in [-0.2, -0.15) is 0 Å². The van der Waals surface area contributed by atoms with Gasteiger partial charge in [-0.05, 0) is 23.8 Å². The maximum absolute atomic E-state index is 11.7. The number of hydrogen-bond donors (Lipinski definition) is 1. The molecule has 1 aliphatic heterocycles. The first-order valence-electron chi connectivity index (χ1n) is 7.67. The molecule has 23 heavy (non-hydrogen) atoms. The molecule has 0 saturated carbocycles. The summed E-state index contributed by atoms with van der Waals surface area (Å²) in [4.78, 5) is 16.0. The highest BCUT2D eigenvalue weighted by Crippen LogP contribution is 2.25. The zero-order valence-electron chi connectivity index (χ0n) is 12.7. The Balaban J connectivity index is 1.71. The van der Waals surface area contributed by atoms with Crippen molar-refractivity contribution in [3.63, 3.8) is 0 Å². The van der Waals surface area contributed by atoms with Gasteiger partial charge < -0.3 is 10.0 Å². The predicted molar refractivity (Wildman–Crippen MR) is 92.1 cm³/mol. The minimum absolute atomic E-state index is 0.585. The molecule has 1 N–H and O–H groups in total. The average Bonchev–Trinajstić information content (AvgIpc) is 2.56. The molecule has 3 rings (SSSR count). The van der Waals surface area contributed by atoms with E-state index in [9.17, 15) is 9.90 Å². The van der Waals surface area contributed by atoms with Crippen LogP contribution in [-0.2, 0) is 4.79 Å². The van der Waals surface area contributed by atoms with Gasteiger partial charge in [-0.15, -0.1) is 0 Å². The summed E-state index contributed by atoms with van der Waals surface area (Å²) in [6.07, 6.45) is 0. The zero-order chi connectivity index (χ0) is 16.2. The van der Waals surface area contributed by atoms with Crippen LogP contribution in [0.5, 0.6) is 0 Å². The quantitative estimate of drug-likeness (QED) is 0.934. The lowest BCUT2D eigenvalue weighted by Crippen LogP contribution is -2.49. The van der Waals surface area contributed by atoms with Crippen LogP contribution in [0.3, 0.4) is 0 Å². The van der Waals surface area contributed by atoms with E-state index in [1.54, 1.807) is 0 Å². The van der Waals surface area contributed by atoms with Gasteiger partial charge in [0.15, 0.2) is 0 Å². The van der Waals surface area contributed by atoms with Gasteiger partial charge in [0.1, 0.15) is 6.04 Å². The van der Waals surface area contributed by atoms with Crippen molar-refractivity contribution in [2.45, 2.75) is 6.04 Å². The van der Waals surface area contributed by atoms with E-state index >= 15 is 0 Å². The van der Waals surface area contributed by atoms with Crippen LogP contribution >= 0.6 is 11.6 Å². The maximum Gasteiger partial charge on any atom is 0.325 e. The Morgan fingerprint density at radius 2 is 1.70 bits per heavy atom. The summed E-state index contributed by atoms with van der Waals surface area (Å²) in [5, 5.41) is 10.3. The minimum atomic E-state index is -0.799. The summed E-state index contributed by atoms with van der Waals surface area (Å²) in [5.41, 5.74) is 1.92. The monoisotopic (exact) mass is 330 g/mol. The van der Waals surface area contributed by atoms with E-state index in [0.717, 1.165) is 29.4 Å². The van der Waals surface area contributed by atoms with Gasteiger partial charge >= 0.3 is 5.97 Å². The fraction of sp³-hybridized carbons (Fsp3) is 0.278. The number of piperazine rings is 1. The van der Waals surface area contributed by atoms with E-state index in [1.165, 1.54) is 0 Å². The molecule has 1 atom stereocenters. The van der Waals surface area contributed by atoms with E-state index in [0.29, 0.717) is 13.1 Å². The van der Waals surface area contributed by atoms with Crippen molar-refractivity contribution in [3.8, 4) is 0 Å². The summed E-state index contributed by atoms with van der Waals surface area (Å²) < 4.78 is 0. The maximum atomic E-state index is 11.7. The first-order chi connectivity index (χ1) is 11.1. The molecule has 0 bridgehead atoms. The normalized spacial score (nSPS) is 17.0. The Bertz CT molecular complexity index is 670. The van der Waals surface area contributed by atoms with Gasteiger partial charge in [0.2, 0.25) is 0 Å². The highest BCUT2D eigenvalue weighted by atomic mass is 35.5. The highest BCUT2D eigenvalue weighted by Gasteiger charge is 2.30. The van der Waals surface area contributed by atoms with Crippen molar-refractivity contribution >= 4 is 23.3 Å². The molecular formula is C18H19ClN2O2. The molecule has 0 radical (unpaired) electrons. The fourth-order valence-corrected chi connectivity index (χ4v) is 3.24. The summed E-state index contributed by atoms with van der Waals surface area (Å²) in [7, 11) is 0. The number of rotatable bonds is 4. The standard InChI is InChI=1S/C18H19ClN2O2/c19-15-7-4-8-16(13-15)20-9-11-21(12-10-20)17(18(22)23)14-5-2-1-3-6-14/h1-8,13,17H,9-12H2,(H,22,23)/t17-/m0/s1. The van der Waals surface area contributed by atoms with E-state index in [4.69, 9.17) is 11.6 Å². The van der Waals surface area contributed by atoms with Gasteiger partial charge in [-0.1, -0.05) is 48.0 Å². The van der Waals surface area contributed by atoms with Gasteiger partial charge in [0.25, 0.3) is 0 Å². The Morgan fingerprint density at radius 3 is 2.30 bits per heavy atom. The van der Waals surface area contributed by atoms with Crippen molar-refractivity contribution in [1.82, 2.24) is 4.90 Å². The van der Waals surface area contributed by atoms with Crippen LogP contribution in [0, 0.1) is 0 Å². The van der Waals surface area contributed by atoms with E-state index in [1.807, 2.05) is 59.5 Å². The number of benzene rings is 2. The molecule has 5 heteroatoms. The largest absolute Gasteiger partial charge is 0.480 e. The van der Waals surface area contributed by atoms with Crippen molar-refractivity contribution in [2.75, 3.05) is 31.1 Å². The van der Waals surface area contributed by atoms with Crippen LogP contribution in [0.1, 0.15) is 11.6 Å². The number of anilines is 1. The highest BCUT2D eigenvalue weighted by molar-refractivity contribution is 6.30. The number of carbonyl (C=O) groups is 1. The van der Waals surface area contributed by atoms with Crippen molar-refractivity contribution in [3.05, 3.63) is 65.2 Å². The third kappa shape index (κ3) is 3.66. The number of nitrogens with zero attached hydrogens (tertiary/aromatic N) is 2. The molecule has 1 saturated heterocycles. The second kappa shape index (κ2) is 7.02. The van der Waals surface area contributed by atoms with Crippen LogP contribution < -0.4 is 4.90 Å². The lowest BCUT2D eigenvalue weighted by molar-refractivity contribution is -0.143. The SMILES string of the molecule is O=C(O)[C@H](c1ccccc1)N1CCN(c2cccc(Cl)c2)CC1. The van der Waals surface area contributed by atoms with Crippen LogP contribution in [0.2, 0.25) is 5.02 Å². The number of carboxylic acid groups (broad SMARTS) is 1. The number of carboxylic acids is 1. The molecule has 0 amide bonds. The van der Waals surface area contributed by atoms with Gasteiger partial charge in [-0.3, -0.25) is 9.69 Å². The predicted octanol–water partition coefficient (Wildman–Crippen LogP) is 3.29. The Morgan fingerprint density at radius 1 is 1.00 bits per heavy atom. The third-order valence-corrected chi connectivity index (χ3v) is 4.44. The number of aliphatic carboxylic acids is 1. The zero-order valence-corrected chi connectivity index (χ0v) is 13.5. The number of halogens is 1. The second-order valence-corrected chi connectivity index (χ2v) is 6.09. The lowest BCUT2D eigenvalue weighted by atomic mass is 10.0. The van der Waals surface area contributed by atoms with Crippen LogP contribution in [0.15, 0.2) is 54.6 Å². The van der Waals surface area contributed by atoms with Crippen LogP contribution in [-0.4, -0.2) is 42.2 Å². The van der Waals surface area contributed by atoms with Crippen molar-refractivity contribution in [2.24, 2.45) is 0 Å². The average molecular weight is 331 g/mol. The summed E-state index contributed by atoms with van der Waals surface area (Å²) >= 11 is 6.05. The first kappa shape index (κ1) is 15.8. The first-order valence-corrected chi connectivity index (χ1v) is 8.05. The van der Waals surface area contributed by atoms with Gasteiger partial charge in [0, 0.05) is 36.9 Å². The lowest BCUT2D eigenvalue weighted by Gasteiger charge is -2.39. The summed E-state index contributed by atoms with van der Waals surface area (Å²) in [6, 6.07) is 16.6. The molecular weight excluding hydrogens is 312 g/mol. The van der Waals surface area contributed by atoms with Crippen molar-refractivity contribution < 1.29 is 9.90 Å². The molecule has 0 spiro atoms. The fourth-order valence-electron chi connectivity index (χ4n) is 3.06. The molecule has 120 valence electrons. The van der Waals surface area contributed by atoms with Gasteiger partial charge in [-0.25, -0.2) is 0 Å². The molecule has 1 aliphatic rings. The molecule has 0 aromatic heterocycles. The minimum Gasteiger partial charge on any atom is -0.480 e. The molecule has 2 aromatic carbocycles. The summed E-state index contributed by atoms with van der Waals surface area (Å²) in [6.45, 7) is 2.99. The Hall–Kier alpha value is -2.04. The summed E-state index contributed by atoms with van der Waals surface area (Å²) in [5.74, 6) is -0.799. The molecule has 0 unspecified atom stereocenters. The molecule has 2 aromatic rings. The van der Waals surface area contributed by atoms with E-state index in [2.05, 4.69) is 4.90 Å². The second-order valence-electron chi connectivity index (χ2n) is 5.65. The van der Waals surface area contributed by atoms with E-state index < -0.39 is 12.0 Å². The van der Waals surface area contributed by atoms with Crippen LogP contribution in [0.4, 0.5) is 5.69 Å². The number of hydrogen-bond acceptors (Lipinski definition) is 3.